The first-order valence-corrected chi connectivity index (χ1v) is 7.76. The molecule has 0 spiro atoms. The number of aryl methyl sites for hydroxylation is 1. The Hall–Kier alpha value is -2.56. The maximum absolute atomic E-state index is 13.5. The third-order valence-electron chi connectivity index (χ3n) is 3.87. The zero-order chi connectivity index (χ0) is 17.5. The van der Waals surface area contributed by atoms with Crippen LogP contribution in [0.15, 0.2) is 36.4 Å². The van der Waals surface area contributed by atoms with Crippen LogP contribution >= 0.6 is 0 Å². The van der Waals surface area contributed by atoms with Crippen LogP contribution in [0.25, 0.3) is 0 Å². The van der Waals surface area contributed by atoms with E-state index in [9.17, 15) is 9.18 Å². The Morgan fingerprint density at radius 3 is 2.42 bits per heavy atom. The Labute approximate surface area is 141 Å². The Morgan fingerprint density at radius 1 is 1.08 bits per heavy atom. The molecule has 0 unspecified atom stereocenters. The van der Waals surface area contributed by atoms with Gasteiger partial charge < -0.3 is 14.8 Å². The molecule has 0 bridgehead atoms. The smallest absolute Gasteiger partial charge is 0.224 e. The first kappa shape index (κ1) is 17.8. The maximum atomic E-state index is 13.5. The van der Waals surface area contributed by atoms with Crippen molar-refractivity contribution in [1.29, 1.82) is 0 Å². The van der Waals surface area contributed by atoms with Gasteiger partial charge in [-0.1, -0.05) is 18.2 Å². The topological polar surface area (TPSA) is 47.6 Å². The fourth-order valence-corrected chi connectivity index (χ4v) is 2.51. The van der Waals surface area contributed by atoms with Gasteiger partial charge in [0.25, 0.3) is 0 Å². The summed E-state index contributed by atoms with van der Waals surface area (Å²) in [5.74, 6) is 0.791. The van der Waals surface area contributed by atoms with Crippen LogP contribution in [0.2, 0.25) is 0 Å². The molecule has 0 saturated heterocycles. The second kappa shape index (κ2) is 8.34. The zero-order valence-corrected chi connectivity index (χ0v) is 14.2. The molecule has 0 aliphatic rings. The molecular weight excluding hydrogens is 309 g/mol. The van der Waals surface area contributed by atoms with E-state index in [4.69, 9.17) is 9.47 Å². The number of carbonyl (C=O) groups is 1. The molecule has 2 aromatic carbocycles. The third-order valence-corrected chi connectivity index (χ3v) is 3.87. The van der Waals surface area contributed by atoms with Crippen molar-refractivity contribution < 1.29 is 18.7 Å². The summed E-state index contributed by atoms with van der Waals surface area (Å²) in [6.45, 7) is 2.46. The average molecular weight is 331 g/mol. The molecule has 128 valence electrons. The van der Waals surface area contributed by atoms with E-state index in [2.05, 4.69) is 5.32 Å². The molecule has 0 atom stereocenters. The minimum absolute atomic E-state index is 0.0393. The van der Waals surface area contributed by atoms with Crippen LogP contribution in [-0.4, -0.2) is 26.7 Å². The normalized spacial score (nSPS) is 10.3. The van der Waals surface area contributed by atoms with Crippen molar-refractivity contribution in [1.82, 2.24) is 5.32 Å². The number of carbonyl (C=O) groups excluding carboxylic acids is 1. The highest BCUT2D eigenvalue weighted by Crippen LogP contribution is 2.30. The van der Waals surface area contributed by atoms with Gasteiger partial charge in [0.2, 0.25) is 5.91 Å². The van der Waals surface area contributed by atoms with E-state index < -0.39 is 0 Å². The van der Waals surface area contributed by atoms with Gasteiger partial charge in [0.1, 0.15) is 5.82 Å². The van der Waals surface area contributed by atoms with E-state index in [0.29, 0.717) is 30.0 Å². The molecule has 1 N–H and O–H groups in total. The highest BCUT2D eigenvalue weighted by Gasteiger charge is 2.10. The number of hydrogen-bond acceptors (Lipinski definition) is 3. The van der Waals surface area contributed by atoms with Crippen molar-refractivity contribution in [2.45, 2.75) is 19.8 Å². The lowest BCUT2D eigenvalue weighted by molar-refractivity contribution is -0.120. The summed E-state index contributed by atoms with van der Waals surface area (Å²) in [7, 11) is 3.19. The lowest BCUT2D eigenvalue weighted by Gasteiger charge is -2.13. The van der Waals surface area contributed by atoms with Gasteiger partial charge in [0.05, 0.1) is 20.6 Å². The molecule has 4 nitrogen and oxygen atoms in total. The van der Waals surface area contributed by atoms with Crippen LogP contribution in [0.5, 0.6) is 11.5 Å². The van der Waals surface area contributed by atoms with E-state index in [1.807, 2.05) is 19.1 Å². The van der Waals surface area contributed by atoms with Gasteiger partial charge in [-0.3, -0.25) is 4.79 Å². The number of methoxy groups -OCH3 is 2. The molecule has 1 amide bonds. The van der Waals surface area contributed by atoms with E-state index in [-0.39, 0.29) is 18.1 Å². The van der Waals surface area contributed by atoms with E-state index in [1.165, 1.54) is 6.07 Å². The predicted octanol–water partition coefficient (Wildman–Crippen LogP) is 3.05. The predicted molar refractivity (Wildman–Crippen MR) is 91.1 cm³/mol. The minimum atomic E-state index is -0.358. The number of hydrogen-bond donors (Lipinski definition) is 1. The molecule has 24 heavy (non-hydrogen) atoms. The Kier molecular flexibility index (Phi) is 6.18. The summed E-state index contributed by atoms with van der Waals surface area (Å²) >= 11 is 0. The van der Waals surface area contributed by atoms with Crippen LogP contribution in [0.4, 0.5) is 4.39 Å². The van der Waals surface area contributed by atoms with Gasteiger partial charge in [-0.05, 0) is 48.2 Å². The van der Waals surface area contributed by atoms with Crippen molar-refractivity contribution in [3.8, 4) is 11.5 Å². The summed E-state index contributed by atoms with van der Waals surface area (Å²) in [5, 5.41) is 2.82. The lowest BCUT2D eigenvalue weighted by Crippen LogP contribution is -2.27. The molecule has 2 aromatic rings. The number of nitrogens with one attached hydrogen (secondary N) is 1. The highest BCUT2D eigenvalue weighted by atomic mass is 19.1. The van der Waals surface area contributed by atoms with E-state index in [0.717, 1.165) is 11.1 Å². The van der Waals surface area contributed by atoms with E-state index >= 15 is 0 Å². The van der Waals surface area contributed by atoms with Gasteiger partial charge in [-0.2, -0.15) is 0 Å². The molecule has 0 aromatic heterocycles. The first-order valence-electron chi connectivity index (χ1n) is 7.76. The van der Waals surface area contributed by atoms with Crippen LogP contribution in [-0.2, 0) is 17.6 Å². The first-order chi connectivity index (χ1) is 11.5. The summed E-state index contributed by atoms with van der Waals surface area (Å²) in [6, 6.07) is 10.1. The molecule has 5 heteroatoms. The third kappa shape index (κ3) is 4.47. The molecule has 0 radical (unpaired) electrons. The zero-order valence-electron chi connectivity index (χ0n) is 14.2. The summed E-state index contributed by atoms with van der Waals surface area (Å²) < 4.78 is 24.1. The molecule has 0 fully saturated rings. The quantitative estimate of drug-likeness (QED) is 0.848. The van der Waals surface area contributed by atoms with Crippen molar-refractivity contribution in [2.24, 2.45) is 0 Å². The van der Waals surface area contributed by atoms with Crippen LogP contribution in [0.3, 0.4) is 0 Å². The molecule has 0 heterocycles. The molecule has 2 rings (SSSR count). The van der Waals surface area contributed by atoms with Crippen molar-refractivity contribution in [3.63, 3.8) is 0 Å². The van der Waals surface area contributed by atoms with Crippen LogP contribution < -0.4 is 14.8 Å². The molecule has 0 saturated carbocycles. The average Bonchev–Trinajstić information content (AvgIpc) is 2.58. The number of halogens is 1. The molecule has 0 aliphatic heterocycles. The fraction of sp³-hybridized carbons (Fsp3) is 0.316. The Balaban J connectivity index is 1.92. The highest BCUT2D eigenvalue weighted by molar-refractivity contribution is 5.78. The van der Waals surface area contributed by atoms with Gasteiger partial charge in [0.15, 0.2) is 11.5 Å². The fourth-order valence-electron chi connectivity index (χ4n) is 2.51. The number of benzene rings is 2. The van der Waals surface area contributed by atoms with Crippen molar-refractivity contribution in [3.05, 3.63) is 58.9 Å². The Bertz CT molecular complexity index is 716. The summed E-state index contributed by atoms with van der Waals surface area (Å²) in [4.78, 5) is 11.9. The standard InChI is InChI=1S/C19H22FNO3/c1-13-10-17(23-2)18(24-3)11-14(13)8-9-21-19(22)12-15-6-4-5-7-16(15)20/h4-7,10-11H,8-9,12H2,1-3H3,(H,21,22). The number of amides is 1. The monoisotopic (exact) mass is 331 g/mol. The van der Waals surface area contributed by atoms with Crippen LogP contribution in [0.1, 0.15) is 16.7 Å². The SMILES string of the molecule is COc1cc(C)c(CCNC(=O)Cc2ccccc2F)cc1OC. The largest absolute Gasteiger partial charge is 0.493 e. The van der Waals surface area contributed by atoms with Crippen LogP contribution in [0, 0.1) is 12.7 Å². The second-order valence-electron chi connectivity index (χ2n) is 5.50. The molecule has 0 aliphatic carbocycles. The van der Waals surface area contributed by atoms with Gasteiger partial charge in [-0.15, -0.1) is 0 Å². The Morgan fingerprint density at radius 2 is 1.75 bits per heavy atom. The van der Waals surface area contributed by atoms with E-state index in [1.54, 1.807) is 32.4 Å². The van der Waals surface area contributed by atoms with Gasteiger partial charge >= 0.3 is 0 Å². The van der Waals surface area contributed by atoms with Gasteiger partial charge in [-0.25, -0.2) is 4.39 Å². The second-order valence-corrected chi connectivity index (χ2v) is 5.50. The summed E-state index contributed by atoms with van der Waals surface area (Å²) in [6.07, 6.45) is 0.701. The number of ether oxygens (including phenoxy) is 2. The molecular formula is C19H22FNO3. The van der Waals surface area contributed by atoms with Crippen molar-refractivity contribution in [2.75, 3.05) is 20.8 Å². The van der Waals surface area contributed by atoms with Crippen molar-refractivity contribution >= 4 is 5.91 Å². The minimum Gasteiger partial charge on any atom is -0.493 e. The lowest BCUT2D eigenvalue weighted by atomic mass is 10.0. The maximum Gasteiger partial charge on any atom is 0.224 e. The number of rotatable bonds is 7. The summed E-state index contributed by atoms with van der Waals surface area (Å²) in [5.41, 5.74) is 2.53. The van der Waals surface area contributed by atoms with Gasteiger partial charge in [0, 0.05) is 6.54 Å².